The number of amides is 1. The molecule has 2 heterocycles. The van der Waals surface area contributed by atoms with E-state index in [-0.39, 0.29) is 11.2 Å². The summed E-state index contributed by atoms with van der Waals surface area (Å²) in [5, 5.41) is 8.98. The molecule has 31 heavy (non-hydrogen) atoms. The van der Waals surface area contributed by atoms with Gasteiger partial charge in [0.2, 0.25) is 5.91 Å². The maximum Gasteiger partial charge on any atom is 0.235 e. The lowest BCUT2D eigenvalue weighted by Crippen LogP contribution is -2.15. The van der Waals surface area contributed by atoms with Gasteiger partial charge in [0, 0.05) is 21.2 Å². The molecule has 4 aromatic rings. The Bertz CT molecular complexity index is 1260. The first kappa shape index (κ1) is 20.2. The zero-order chi connectivity index (χ0) is 21.4. The van der Waals surface area contributed by atoms with Crippen molar-refractivity contribution < 1.29 is 4.79 Å². The van der Waals surface area contributed by atoms with Gasteiger partial charge in [-0.05, 0) is 29.8 Å². The number of rotatable bonds is 3. The molecule has 1 aliphatic rings. The Morgan fingerprint density at radius 2 is 1.68 bits per heavy atom. The number of hydrogen-bond donors (Lipinski definition) is 1. The second-order valence-electron chi connectivity index (χ2n) is 7.13. The first-order chi connectivity index (χ1) is 15.1. The highest BCUT2D eigenvalue weighted by Crippen LogP contribution is 2.48. The van der Waals surface area contributed by atoms with Crippen LogP contribution in [0.2, 0.25) is 10.0 Å². The minimum absolute atomic E-state index is 0.0736. The Balaban J connectivity index is 1.80. The zero-order valence-electron chi connectivity index (χ0n) is 16.3. The summed E-state index contributed by atoms with van der Waals surface area (Å²) >= 11 is 14.3. The van der Waals surface area contributed by atoms with Crippen LogP contribution in [-0.4, -0.2) is 21.4 Å². The standard InChI is InChI=1S/C24H17Cl2N3OS/c25-16-11-12-18(19(26)13-16)23-21-22(15-7-3-1-4-8-15)28-29(17-9-5-2-6-10-17)24(21)27-20(30)14-31-23/h1-13,23H,14H2,(H,27,30)/t23-/m1/s1. The molecule has 1 N–H and O–H groups in total. The lowest BCUT2D eigenvalue weighted by molar-refractivity contribution is -0.113. The highest BCUT2D eigenvalue weighted by atomic mass is 35.5. The van der Waals surface area contributed by atoms with E-state index in [2.05, 4.69) is 5.32 Å². The molecule has 0 unspecified atom stereocenters. The third-order valence-electron chi connectivity index (χ3n) is 5.12. The van der Waals surface area contributed by atoms with Gasteiger partial charge in [-0.15, -0.1) is 11.8 Å². The number of fused-ring (bicyclic) bond motifs is 1. The maximum atomic E-state index is 12.7. The molecule has 1 amide bonds. The fourth-order valence-electron chi connectivity index (χ4n) is 3.73. The Hall–Kier alpha value is -2.73. The summed E-state index contributed by atoms with van der Waals surface area (Å²) in [5.74, 6) is 0.896. The molecule has 0 fully saturated rings. The number of nitrogens with one attached hydrogen (secondary N) is 1. The van der Waals surface area contributed by atoms with Crippen molar-refractivity contribution in [2.45, 2.75) is 5.25 Å². The molecule has 0 saturated carbocycles. The van der Waals surface area contributed by atoms with Gasteiger partial charge in [-0.2, -0.15) is 5.10 Å². The van der Waals surface area contributed by atoms with Crippen LogP contribution in [-0.2, 0) is 4.79 Å². The Morgan fingerprint density at radius 1 is 0.968 bits per heavy atom. The minimum Gasteiger partial charge on any atom is -0.310 e. The fourth-order valence-corrected chi connectivity index (χ4v) is 5.48. The predicted molar refractivity (Wildman–Crippen MR) is 128 cm³/mol. The quantitative estimate of drug-likeness (QED) is 0.369. The van der Waals surface area contributed by atoms with Gasteiger partial charge >= 0.3 is 0 Å². The summed E-state index contributed by atoms with van der Waals surface area (Å²) in [6, 6.07) is 25.3. The number of thioether (sulfide) groups is 1. The van der Waals surface area contributed by atoms with Gasteiger partial charge in [0.1, 0.15) is 5.82 Å². The van der Waals surface area contributed by atoms with Crippen molar-refractivity contribution in [1.29, 1.82) is 0 Å². The molecule has 0 radical (unpaired) electrons. The fraction of sp³-hybridized carbons (Fsp3) is 0.0833. The van der Waals surface area contributed by atoms with E-state index >= 15 is 0 Å². The van der Waals surface area contributed by atoms with E-state index < -0.39 is 0 Å². The summed E-state index contributed by atoms with van der Waals surface area (Å²) in [6.45, 7) is 0. The number of anilines is 1. The lowest BCUT2D eigenvalue weighted by atomic mass is 10.00. The van der Waals surface area contributed by atoms with Gasteiger partial charge in [-0.3, -0.25) is 4.79 Å². The molecule has 0 spiro atoms. The SMILES string of the molecule is O=C1CS[C@H](c2ccc(Cl)cc2Cl)c2c(-c3ccccc3)nn(-c3ccccc3)c2N1. The summed E-state index contributed by atoms with van der Waals surface area (Å²) < 4.78 is 1.80. The van der Waals surface area contributed by atoms with Crippen molar-refractivity contribution in [2.24, 2.45) is 0 Å². The third kappa shape index (κ3) is 3.85. The van der Waals surface area contributed by atoms with Crippen LogP contribution in [0.4, 0.5) is 5.82 Å². The van der Waals surface area contributed by atoms with Crippen LogP contribution in [0.15, 0.2) is 78.9 Å². The largest absolute Gasteiger partial charge is 0.310 e. The van der Waals surface area contributed by atoms with Gasteiger partial charge in [-0.1, -0.05) is 77.8 Å². The van der Waals surface area contributed by atoms with Crippen LogP contribution >= 0.6 is 35.0 Å². The molecule has 1 atom stereocenters. The molecule has 1 aliphatic heterocycles. The van der Waals surface area contributed by atoms with Crippen LogP contribution in [0, 0.1) is 0 Å². The van der Waals surface area contributed by atoms with Crippen LogP contribution in [0.5, 0.6) is 0 Å². The number of nitrogens with zero attached hydrogens (tertiary/aromatic N) is 2. The average Bonchev–Trinajstić information content (AvgIpc) is 3.06. The number of aromatic nitrogens is 2. The molecular formula is C24H17Cl2N3OS. The predicted octanol–water partition coefficient (Wildman–Crippen LogP) is 6.62. The van der Waals surface area contributed by atoms with Gasteiger partial charge in [-0.25, -0.2) is 4.68 Å². The maximum absolute atomic E-state index is 12.7. The van der Waals surface area contributed by atoms with Crippen molar-refractivity contribution in [2.75, 3.05) is 11.1 Å². The average molecular weight is 466 g/mol. The van der Waals surface area contributed by atoms with Crippen molar-refractivity contribution in [1.82, 2.24) is 9.78 Å². The topological polar surface area (TPSA) is 46.9 Å². The van der Waals surface area contributed by atoms with Crippen LogP contribution < -0.4 is 5.32 Å². The van der Waals surface area contributed by atoms with Gasteiger partial charge in [0.25, 0.3) is 0 Å². The van der Waals surface area contributed by atoms with Crippen molar-refractivity contribution >= 4 is 46.7 Å². The van der Waals surface area contributed by atoms with Gasteiger partial charge in [0.15, 0.2) is 0 Å². The van der Waals surface area contributed by atoms with E-state index in [4.69, 9.17) is 28.3 Å². The lowest BCUT2D eigenvalue weighted by Gasteiger charge is -2.18. The molecule has 1 aromatic heterocycles. The number of para-hydroxylation sites is 1. The highest BCUT2D eigenvalue weighted by molar-refractivity contribution is 8.00. The second-order valence-corrected chi connectivity index (χ2v) is 9.07. The summed E-state index contributed by atoms with van der Waals surface area (Å²) in [7, 11) is 0. The second kappa shape index (κ2) is 8.42. The first-order valence-electron chi connectivity index (χ1n) is 9.72. The van der Waals surface area contributed by atoms with E-state index in [0.29, 0.717) is 21.6 Å². The number of halogens is 2. The van der Waals surface area contributed by atoms with E-state index in [1.54, 1.807) is 10.7 Å². The molecule has 0 aliphatic carbocycles. The molecule has 5 rings (SSSR count). The molecular weight excluding hydrogens is 449 g/mol. The normalized spacial score (nSPS) is 15.8. The van der Waals surface area contributed by atoms with Crippen LogP contribution in [0.1, 0.15) is 16.4 Å². The number of carbonyl (C=O) groups excluding carboxylic acids is 1. The zero-order valence-corrected chi connectivity index (χ0v) is 18.6. The van der Waals surface area contributed by atoms with Crippen molar-refractivity contribution in [3.63, 3.8) is 0 Å². The van der Waals surface area contributed by atoms with Gasteiger partial charge in [0.05, 0.1) is 22.4 Å². The van der Waals surface area contributed by atoms with E-state index in [1.807, 2.05) is 72.8 Å². The number of benzene rings is 3. The molecule has 154 valence electrons. The summed E-state index contributed by atoms with van der Waals surface area (Å²) in [6.07, 6.45) is 0. The van der Waals surface area contributed by atoms with E-state index in [1.165, 1.54) is 11.8 Å². The summed E-state index contributed by atoms with van der Waals surface area (Å²) in [4.78, 5) is 12.7. The Morgan fingerprint density at radius 3 is 2.39 bits per heavy atom. The Labute approximate surface area is 194 Å². The van der Waals surface area contributed by atoms with E-state index in [9.17, 15) is 4.79 Å². The molecule has 7 heteroatoms. The summed E-state index contributed by atoms with van der Waals surface area (Å²) in [5.41, 5.74) is 4.48. The minimum atomic E-state index is -0.189. The molecule has 0 saturated heterocycles. The molecule has 0 bridgehead atoms. The number of hydrogen-bond acceptors (Lipinski definition) is 3. The Kier molecular flexibility index (Phi) is 5.48. The first-order valence-corrected chi connectivity index (χ1v) is 11.5. The monoisotopic (exact) mass is 465 g/mol. The molecule has 3 aromatic carbocycles. The van der Waals surface area contributed by atoms with Gasteiger partial charge < -0.3 is 5.32 Å². The highest BCUT2D eigenvalue weighted by Gasteiger charge is 2.33. The van der Waals surface area contributed by atoms with Crippen molar-refractivity contribution in [3.05, 3.63) is 100 Å². The smallest absolute Gasteiger partial charge is 0.235 e. The van der Waals surface area contributed by atoms with E-state index in [0.717, 1.165) is 28.1 Å². The number of carbonyl (C=O) groups is 1. The third-order valence-corrected chi connectivity index (χ3v) is 6.93. The van der Waals surface area contributed by atoms with Crippen LogP contribution in [0.3, 0.4) is 0 Å². The molecule has 4 nitrogen and oxygen atoms in total. The van der Waals surface area contributed by atoms with Crippen LogP contribution in [0.25, 0.3) is 16.9 Å². The van der Waals surface area contributed by atoms with Crippen molar-refractivity contribution in [3.8, 4) is 16.9 Å².